The van der Waals surface area contributed by atoms with Crippen molar-refractivity contribution in [3.05, 3.63) is 82.9 Å². The maximum absolute atomic E-state index is 12.7. The van der Waals surface area contributed by atoms with Gasteiger partial charge < -0.3 is 4.90 Å². The van der Waals surface area contributed by atoms with Crippen LogP contribution in [0, 0.1) is 6.92 Å². The standard InChI is InChI=1S/C26H27N3O/c1-17-13-24-23(18(2)15-26(3,4)29(24)5)14-20(17)16-27-28-25(30)22-12-8-10-19-9-6-7-11-21(19)22/h6-16H,1-5H3,(H,28,30)/b27-16+. The molecule has 1 aliphatic heterocycles. The number of hydrazone groups is 1. The maximum Gasteiger partial charge on any atom is 0.271 e. The van der Waals surface area contributed by atoms with Gasteiger partial charge in [-0.1, -0.05) is 42.5 Å². The summed E-state index contributed by atoms with van der Waals surface area (Å²) in [6, 6.07) is 17.9. The Morgan fingerprint density at radius 2 is 1.80 bits per heavy atom. The minimum atomic E-state index is -0.212. The molecule has 0 aliphatic carbocycles. The molecule has 0 bridgehead atoms. The first-order valence-corrected chi connectivity index (χ1v) is 10.2. The number of hydrogen-bond acceptors (Lipinski definition) is 3. The van der Waals surface area contributed by atoms with Gasteiger partial charge in [0.05, 0.1) is 11.8 Å². The number of aryl methyl sites for hydroxylation is 1. The van der Waals surface area contributed by atoms with E-state index in [1.54, 1.807) is 6.21 Å². The summed E-state index contributed by atoms with van der Waals surface area (Å²) >= 11 is 0. The van der Waals surface area contributed by atoms with Gasteiger partial charge in [0.2, 0.25) is 0 Å². The number of anilines is 1. The summed E-state index contributed by atoms with van der Waals surface area (Å²) in [6.45, 7) is 8.65. The highest BCUT2D eigenvalue weighted by atomic mass is 16.2. The number of nitrogens with zero attached hydrogens (tertiary/aromatic N) is 2. The van der Waals surface area contributed by atoms with Crippen LogP contribution < -0.4 is 10.3 Å². The lowest BCUT2D eigenvalue weighted by atomic mass is 9.87. The van der Waals surface area contributed by atoms with Crippen molar-refractivity contribution < 1.29 is 4.79 Å². The zero-order valence-corrected chi connectivity index (χ0v) is 18.2. The number of likely N-dealkylation sites (N-methyl/N-ethyl adjacent to an activating group) is 1. The molecule has 4 nitrogen and oxygen atoms in total. The van der Waals surface area contributed by atoms with Crippen molar-refractivity contribution >= 4 is 34.2 Å². The number of nitrogens with one attached hydrogen (secondary N) is 1. The predicted octanol–water partition coefficient (Wildman–Crippen LogP) is 5.54. The van der Waals surface area contributed by atoms with Crippen molar-refractivity contribution in [2.24, 2.45) is 5.10 Å². The topological polar surface area (TPSA) is 44.7 Å². The number of carbonyl (C=O) groups excluding carboxylic acids is 1. The second-order valence-electron chi connectivity index (χ2n) is 8.49. The Balaban J connectivity index is 1.59. The number of amides is 1. The lowest BCUT2D eigenvalue weighted by Crippen LogP contribution is -2.42. The minimum absolute atomic E-state index is 0.0223. The third-order valence-corrected chi connectivity index (χ3v) is 6.01. The number of allylic oxidation sites excluding steroid dienone is 1. The fraction of sp³-hybridized carbons (Fsp3) is 0.231. The molecule has 0 saturated heterocycles. The molecule has 4 rings (SSSR count). The molecule has 152 valence electrons. The van der Waals surface area contributed by atoms with E-state index in [1.807, 2.05) is 42.5 Å². The lowest BCUT2D eigenvalue weighted by molar-refractivity contribution is 0.0957. The van der Waals surface area contributed by atoms with Gasteiger partial charge in [-0.3, -0.25) is 4.79 Å². The Morgan fingerprint density at radius 1 is 1.07 bits per heavy atom. The molecule has 0 radical (unpaired) electrons. The summed E-state index contributed by atoms with van der Waals surface area (Å²) in [7, 11) is 2.12. The van der Waals surface area contributed by atoms with Crippen LogP contribution in [-0.2, 0) is 0 Å². The van der Waals surface area contributed by atoms with Crippen molar-refractivity contribution in [2.45, 2.75) is 33.2 Å². The Hall–Kier alpha value is -3.40. The zero-order chi connectivity index (χ0) is 21.5. The number of rotatable bonds is 3. The molecule has 0 unspecified atom stereocenters. The molecule has 1 heterocycles. The first-order chi connectivity index (χ1) is 14.3. The Kier molecular flexibility index (Phi) is 4.94. The average molecular weight is 398 g/mol. The minimum Gasteiger partial charge on any atom is -0.365 e. The van der Waals surface area contributed by atoms with Gasteiger partial charge in [-0.2, -0.15) is 5.10 Å². The molecule has 0 spiro atoms. The summed E-state index contributed by atoms with van der Waals surface area (Å²) in [4.78, 5) is 15.0. The van der Waals surface area contributed by atoms with Gasteiger partial charge in [-0.05, 0) is 73.4 Å². The molecule has 0 atom stereocenters. The van der Waals surface area contributed by atoms with Crippen LogP contribution >= 0.6 is 0 Å². The van der Waals surface area contributed by atoms with Crippen LogP contribution in [0.4, 0.5) is 5.69 Å². The van der Waals surface area contributed by atoms with Crippen molar-refractivity contribution in [1.82, 2.24) is 5.43 Å². The van der Waals surface area contributed by atoms with E-state index >= 15 is 0 Å². The van der Waals surface area contributed by atoms with Crippen LogP contribution in [0.25, 0.3) is 16.3 Å². The van der Waals surface area contributed by atoms with Gasteiger partial charge in [-0.15, -0.1) is 0 Å². The van der Waals surface area contributed by atoms with Crippen molar-refractivity contribution in [1.29, 1.82) is 0 Å². The summed E-state index contributed by atoms with van der Waals surface area (Å²) in [5.41, 5.74) is 9.06. The van der Waals surface area contributed by atoms with Crippen LogP contribution in [0.5, 0.6) is 0 Å². The molecular formula is C26H27N3O. The molecule has 1 amide bonds. The van der Waals surface area contributed by atoms with E-state index in [-0.39, 0.29) is 11.4 Å². The smallest absolute Gasteiger partial charge is 0.271 e. The number of fused-ring (bicyclic) bond motifs is 2. The molecule has 3 aromatic rings. The van der Waals surface area contributed by atoms with Crippen LogP contribution in [0.2, 0.25) is 0 Å². The lowest BCUT2D eigenvalue weighted by Gasteiger charge is -2.41. The Labute approximate surface area is 177 Å². The van der Waals surface area contributed by atoms with E-state index in [2.05, 4.69) is 68.4 Å². The van der Waals surface area contributed by atoms with Crippen molar-refractivity contribution in [2.75, 3.05) is 11.9 Å². The summed E-state index contributed by atoms with van der Waals surface area (Å²) in [5.74, 6) is -0.212. The second-order valence-corrected chi connectivity index (χ2v) is 8.49. The van der Waals surface area contributed by atoms with E-state index in [0.29, 0.717) is 5.56 Å². The molecule has 0 fully saturated rings. The van der Waals surface area contributed by atoms with Gasteiger partial charge in [0, 0.05) is 23.9 Å². The van der Waals surface area contributed by atoms with Crippen molar-refractivity contribution in [3.63, 3.8) is 0 Å². The van der Waals surface area contributed by atoms with Crippen LogP contribution in [0.1, 0.15) is 47.8 Å². The number of carbonyl (C=O) groups is 1. The molecule has 4 heteroatoms. The van der Waals surface area contributed by atoms with Crippen LogP contribution in [0.15, 0.2) is 65.8 Å². The monoisotopic (exact) mass is 397 g/mol. The number of benzene rings is 3. The third-order valence-electron chi connectivity index (χ3n) is 6.01. The van der Waals surface area contributed by atoms with Gasteiger partial charge in [-0.25, -0.2) is 5.43 Å². The fourth-order valence-corrected chi connectivity index (χ4v) is 4.10. The summed E-state index contributed by atoms with van der Waals surface area (Å²) in [5, 5.41) is 6.21. The maximum atomic E-state index is 12.7. The first kappa shape index (κ1) is 19.9. The predicted molar refractivity (Wildman–Crippen MR) is 126 cm³/mol. The zero-order valence-electron chi connectivity index (χ0n) is 18.2. The van der Waals surface area contributed by atoms with Crippen LogP contribution in [-0.4, -0.2) is 24.7 Å². The van der Waals surface area contributed by atoms with Gasteiger partial charge in [0.25, 0.3) is 5.91 Å². The molecule has 1 aliphatic rings. The molecule has 1 N–H and O–H groups in total. The third kappa shape index (κ3) is 3.50. The highest BCUT2D eigenvalue weighted by Gasteiger charge is 2.28. The quantitative estimate of drug-likeness (QED) is 0.466. The first-order valence-electron chi connectivity index (χ1n) is 10.2. The van der Waals surface area contributed by atoms with E-state index < -0.39 is 0 Å². The molecule has 3 aromatic carbocycles. The Bertz CT molecular complexity index is 1200. The van der Waals surface area contributed by atoms with E-state index in [9.17, 15) is 4.79 Å². The normalized spacial score (nSPS) is 15.2. The Morgan fingerprint density at radius 3 is 2.60 bits per heavy atom. The highest BCUT2D eigenvalue weighted by Crippen LogP contribution is 2.38. The fourth-order valence-electron chi connectivity index (χ4n) is 4.10. The van der Waals surface area contributed by atoms with E-state index in [4.69, 9.17) is 0 Å². The summed E-state index contributed by atoms with van der Waals surface area (Å²) < 4.78 is 0. The number of hydrogen-bond donors (Lipinski definition) is 1. The SMILES string of the molecule is CC1=CC(C)(C)N(C)c2cc(C)c(/C=N/NC(=O)c3cccc4ccccc34)cc21. The molecular weight excluding hydrogens is 370 g/mol. The highest BCUT2D eigenvalue weighted by molar-refractivity contribution is 6.07. The van der Waals surface area contributed by atoms with E-state index in [1.165, 1.54) is 16.8 Å². The molecule has 0 saturated carbocycles. The van der Waals surface area contributed by atoms with Gasteiger partial charge in [0.15, 0.2) is 0 Å². The average Bonchev–Trinajstić information content (AvgIpc) is 2.72. The van der Waals surface area contributed by atoms with Crippen LogP contribution in [0.3, 0.4) is 0 Å². The largest absolute Gasteiger partial charge is 0.365 e. The molecule has 30 heavy (non-hydrogen) atoms. The van der Waals surface area contributed by atoms with Gasteiger partial charge in [0.1, 0.15) is 0 Å². The van der Waals surface area contributed by atoms with E-state index in [0.717, 1.165) is 21.9 Å². The van der Waals surface area contributed by atoms with Crippen molar-refractivity contribution in [3.8, 4) is 0 Å². The van der Waals surface area contributed by atoms with Gasteiger partial charge >= 0.3 is 0 Å². The molecule has 0 aromatic heterocycles. The summed E-state index contributed by atoms with van der Waals surface area (Å²) in [6.07, 6.45) is 4.01. The second kappa shape index (κ2) is 7.45.